The zero-order chi connectivity index (χ0) is 9.26. The van der Waals surface area contributed by atoms with Crippen LogP contribution in [0.1, 0.15) is 23.0 Å². The Labute approximate surface area is 79.1 Å². The molecule has 0 radical (unpaired) electrons. The highest BCUT2D eigenvalue weighted by molar-refractivity contribution is 7.99. The number of aromatic nitrogens is 3. The van der Waals surface area contributed by atoms with E-state index in [2.05, 4.69) is 10.3 Å². The lowest BCUT2D eigenvalue weighted by Gasteiger charge is -2.05. The van der Waals surface area contributed by atoms with Gasteiger partial charge in [0.15, 0.2) is 5.69 Å². The summed E-state index contributed by atoms with van der Waals surface area (Å²) in [4.78, 5) is 10.5. The zero-order valence-corrected chi connectivity index (χ0v) is 7.70. The lowest BCUT2D eigenvalue weighted by Crippen LogP contribution is -2.08. The first-order chi connectivity index (χ1) is 6.27. The Bertz CT molecular complexity index is 319. The predicted molar refractivity (Wildman–Crippen MR) is 48.0 cm³/mol. The maximum atomic E-state index is 10.5. The summed E-state index contributed by atoms with van der Waals surface area (Å²) in [6.45, 7) is 0. The molecule has 0 bridgehead atoms. The minimum Gasteiger partial charge on any atom is -0.476 e. The van der Waals surface area contributed by atoms with Gasteiger partial charge in [0, 0.05) is 5.75 Å². The van der Waals surface area contributed by atoms with Gasteiger partial charge in [0.2, 0.25) is 0 Å². The average molecular weight is 199 g/mol. The Kier molecular flexibility index (Phi) is 2.22. The van der Waals surface area contributed by atoms with Crippen molar-refractivity contribution in [3.8, 4) is 0 Å². The topological polar surface area (TPSA) is 68.0 Å². The lowest BCUT2D eigenvalue weighted by atomic mass is 10.3. The molecule has 1 aliphatic rings. The van der Waals surface area contributed by atoms with Crippen molar-refractivity contribution >= 4 is 17.7 Å². The molecule has 0 amide bonds. The second-order valence-electron chi connectivity index (χ2n) is 2.91. The monoisotopic (exact) mass is 199 g/mol. The van der Waals surface area contributed by atoms with Crippen molar-refractivity contribution in [1.29, 1.82) is 0 Å². The Morgan fingerprint density at radius 2 is 2.62 bits per heavy atom. The molecule has 2 heterocycles. The van der Waals surface area contributed by atoms with Gasteiger partial charge in [0.25, 0.3) is 0 Å². The SMILES string of the molecule is O=C(O)c1cn(C2CCSC2)nn1. The molecule has 1 N–H and O–H groups in total. The summed E-state index contributed by atoms with van der Waals surface area (Å²) < 4.78 is 1.66. The molecule has 0 saturated carbocycles. The molecule has 1 saturated heterocycles. The molecule has 13 heavy (non-hydrogen) atoms. The van der Waals surface area contributed by atoms with Crippen LogP contribution < -0.4 is 0 Å². The average Bonchev–Trinajstić information content (AvgIpc) is 2.75. The minimum absolute atomic E-state index is 0.0249. The largest absolute Gasteiger partial charge is 0.476 e. The van der Waals surface area contributed by atoms with Crippen molar-refractivity contribution < 1.29 is 9.90 Å². The van der Waals surface area contributed by atoms with Crippen LogP contribution in [0, 0.1) is 0 Å². The molecule has 6 heteroatoms. The maximum Gasteiger partial charge on any atom is 0.358 e. The quantitative estimate of drug-likeness (QED) is 0.757. The summed E-state index contributed by atoms with van der Waals surface area (Å²) in [6.07, 6.45) is 2.55. The highest BCUT2D eigenvalue weighted by Gasteiger charge is 2.19. The number of hydrogen-bond donors (Lipinski definition) is 1. The highest BCUT2D eigenvalue weighted by Crippen LogP contribution is 2.26. The normalized spacial score (nSPS) is 22.0. The van der Waals surface area contributed by atoms with Crippen LogP contribution in [0.3, 0.4) is 0 Å². The van der Waals surface area contributed by atoms with E-state index in [4.69, 9.17) is 5.11 Å². The first-order valence-electron chi connectivity index (χ1n) is 4.00. The van der Waals surface area contributed by atoms with Gasteiger partial charge in [-0.1, -0.05) is 5.21 Å². The molecule has 1 fully saturated rings. The molecular formula is C7H9N3O2S. The van der Waals surface area contributed by atoms with E-state index in [1.165, 1.54) is 6.20 Å². The number of rotatable bonds is 2. The molecule has 0 aromatic carbocycles. The smallest absolute Gasteiger partial charge is 0.358 e. The Hall–Kier alpha value is -1.04. The zero-order valence-electron chi connectivity index (χ0n) is 6.88. The van der Waals surface area contributed by atoms with Crippen LogP contribution in [-0.2, 0) is 0 Å². The number of carbonyl (C=O) groups is 1. The van der Waals surface area contributed by atoms with Gasteiger partial charge in [-0.2, -0.15) is 11.8 Å². The summed E-state index contributed by atoms with van der Waals surface area (Å²) in [5.41, 5.74) is 0.0249. The van der Waals surface area contributed by atoms with Gasteiger partial charge in [-0.25, -0.2) is 9.48 Å². The summed E-state index contributed by atoms with van der Waals surface area (Å²) in [5.74, 6) is 1.10. The van der Waals surface area contributed by atoms with Gasteiger partial charge < -0.3 is 5.11 Å². The number of thioether (sulfide) groups is 1. The van der Waals surface area contributed by atoms with Crippen molar-refractivity contribution in [2.45, 2.75) is 12.5 Å². The molecule has 1 aromatic rings. The first kappa shape index (κ1) is 8.55. The van der Waals surface area contributed by atoms with Gasteiger partial charge >= 0.3 is 5.97 Å². The summed E-state index contributed by atoms with van der Waals surface area (Å²) >= 11 is 1.86. The van der Waals surface area contributed by atoms with Crippen LogP contribution in [0.2, 0.25) is 0 Å². The number of aromatic carboxylic acids is 1. The highest BCUT2D eigenvalue weighted by atomic mass is 32.2. The number of carboxylic acids is 1. The van der Waals surface area contributed by atoms with Crippen molar-refractivity contribution in [2.75, 3.05) is 11.5 Å². The molecule has 70 valence electrons. The first-order valence-corrected chi connectivity index (χ1v) is 5.15. The fraction of sp³-hybridized carbons (Fsp3) is 0.571. The molecule has 2 rings (SSSR count). The summed E-state index contributed by atoms with van der Waals surface area (Å²) in [6, 6.07) is 0.325. The fourth-order valence-electron chi connectivity index (χ4n) is 1.28. The molecule has 1 aromatic heterocycles. The van der Waals surface area contributed by atoms with E-state index >= 15 is 0 Å². The van der Waals surface area contributed by atoms with Crippen LogP contribution in [-0.4, -0.2) is 37.6 Å². The van der Waals surface area contributed by atoms with Gasteiger partial charge in [-0.15, -0.1) is 5.10 Å². The van der Waals surface area contributed by atoms with Crippen LogP contribution in [0.15, 0.2) is 6.20 Å². The van der Waals surface area contributed by atoms with Crippen molar-refractivity contribution in [2.24, 2.45) is 0 Å². The van der Waals surface area contributed by atoms with Crippen LogP contribution in [0.25, 0.3) is 0 Å². The Morgan fingerprint density at radius 3 is 3.15 bits per heavy atom. The van der Waals surface area contributed by atoms with E-state index in [-0.39, 0.29) is 5.69 Å². The third kappa shape index (κ3) is 1.67. The van der Waals surface area contributed by atoms with E-state index in [0.29, 0.717) is 6.04 Å². The summed E-state index contributed by atoms with van der Waals surface area (Å²) in [7, 11) is 0. The molecular weight excluding hydrogens is 190 g/mol. The van der Waals surface area contributed by atoms with Gasteiger partial charge in [0.05, 0.1) is 12.2 Å². The molecule has 1 atom stereocenters. The van der Waals surface area contributed by atoms with Crippen LogP contribution in [0.4, 0.5) is 0 Å². The molecule has 0 spiro atoms. The van der Waals surface area contributed by atoms with E-state index < -0.39 is 5.97 Å². The van der Waals surface area contributed by atoms with Gasteiger partial charge in [-0.05, 0) is 12.2 Å². The molecule has 0 aliphatic carbocycles. The van der Waals surface area contributed by atoms with Crippen molar-refractivity contribution in [3.05, 3.63) is 11.9 Å². The second kappa shape index (κ2) is 3.37. The molecule has 1 aliphatic heterocycles. The van der Waals surface area contributed by atoms with Gasteiger partial charge in [-0.3, -0.25) is 0 Å². The standard InChI is InChI=1S/C7H9N3O2S/c11-7(12)6-3-10(9-8-6)5-1-2-13-4-5/h3,5H,1-2,4H2,(H,11,12). The van der Waals surface area contributed by atoms with E-state index in [1.807, 2.05) is 11.8 Å². The Balaban J connectivity index is 2.16. The third-order valence-corrected chi connectivity index (χ3v) is 3.15. The van der Waals surface area contributed by atoms with Crippen LogP contribution in [0.5, 0.6) is 0 Å². The predicted octanol–water partition coefficient (Wildman–Crippen LogP) is 0.654. The van der Waals surface area contributed by atoms with Crippen LogP contribution >= 0.6 is 11.8 Å². The van der Waals surface area contributed by atoms with E-state index in [9.17, 15) is 4.79 Å². The lowest BCUT2D eigenvalue weighted by molar-refractivity contribution is 0.0690. The molecule has 1 unspecified atom stereocenters. The number of hydrogen-bond acceptors (Lipinski definition) is 4. The number of carboxylic acid groups (broad SMARTS) is 1. The number of nitrogens with zero attached hydrogens (tertiary/aromatic N) is 3. The van der Waals surface area contributed by atoms with Crippen molar-refractivity contribution in [1.82, 2.24) is 15.0 Å². The van der Waals surface area contributed by atoms with Gasteiger partial charge in [0.1, 0.15) is 0 Å². The minimum atomic E-state index is -1.02. The maximum absolute atomic E-state index is 10.5. The van der Waals surface area contributed by atoms with E-state index in [0.717, 1.165) is 17.9 Å². The summed E-state index contributed by atoms with van der Waals surface area (Å²) in [5, 5.41) is 16.0. The second-order valence-corrected chi connectivity index (χ2v) is 4.06. The van der Waals surface area contributed by atoms with E-state index in [1.54, 1.807) is 4.68 Å². The molecule has 5 nitrogen and oxygen atoms in total. The van der Waals surface area contributed by atoms with Crippen molar-refractivity contribution in [3.63, 3.8) is 0 Å². The fourth-order valence-corrected chi connectivity index (χ4v) is 2.48. The Morgan fingerprint density at radius 1 is 1.77 bits per heavy atom. The third-order valence-electron chi connectivity index (χ3n) is 2.01.